The molecule has 1 fully saturated rings. The first-order chi connectivity index (χ1) is 11.6. The lowest BCUT2D eigenvalue weighted by molar-refractivity contribution is -0.137. The number of carbonyl (C=O) groups excluding carboxylic acids is 2. The Bertz CT molecular complexity index is 759. The van der Waals surface area contributed by atoms with Crippen LogP contribution in [0.1, 0.15) is 31.4 Å². The summed E-state index contributed by atoms with van der Waals surface area (Å²) in [6.45, 7) is 2.25. The van der Waals surface area contributed by atoms with Gasteiger partial charge in [0.15, 0.2) is 0 Å². The van der Waals surface area contributed by atoms with E-state index in [1.807, 2.05) is 42.5 Å². The van der Waals surface area contributed by atoms with Gasteiger partial charge in [0.25, 0.3) is 0 Å². The first-order valence-electron chi connectivity index (χ1n) is 8.28. The zero-order valence-electron chi connectivity index (χ0n) is 13.7. The Morgan fingerprint density at radius 3 is 2.75 bits per heavy atom. The minimum Gasteiger partial charge on any atom is -0.387 e. The molecule has 0 saturated carbocycles. The summed E-state index contributed by atoms with van der Waals surface area (Å²) in [5, 5.41) is 15.3. The van der Waals surface area contributed by atoms with Crippen molar-refractivity contribution in [2.45, 2.75) is 31.9 Å². The second kappa shape index (κ2) is 7.01. The van der Waals surface area contributed by atoms with Crippen molar-refractivity contribution in [3.8, 4) is 0 Å². The molecule has 24 heavy (non-hydrogen) atoms. The van der Waals surface area contributed by atoms with Gasteiger partial charge in [0.1, 0.15) is 6.04 Å². The maximum Gasteiger partial charge on any atom is 0.242 e. The average Bonchev–Trinajstić information content (AvgIpc) is 3.09. The Morgan fingerprint density at radius 2 is 2.00 bits per heavy atom. The molecule has 126 valence electrons. The van der Waals surface area contributed by atoms with Crippen molar-refractivity contribution in [3.63, 3.8) is 0 Å². The smallest absolute Gasteiger partial charge is 0.242 e. The molecule has 1 aliphatic rings. The van der Waals surface area contributed by atoms with Crippen molar-refractivity contribution in [1.29, 1.82) is 0 Å². The van der Waals surface area contributed by atoms with Gasteiger partial charge in [0, 0.05) is 20.0 Å². The van der Waals surface area contributed by atoms with Gasteiger partial charge >= 0.3 is 0 Å². The van der Waals surface area contributed by atoms with Crippen LogP contribution < -0.4 is 5.32 Å². The molecule has 1 aliphatic heterocycles. The van der Waals surface area contributed by atoms with E-state index < -0.39 is 12.1 Å². The maximum atomic E-state index is 12.3. The van der Waals surface area contributed by atoms with E-state index in [1.54, 1.807) is 4.90 Å². The van der Waals surface area contributed by atoms with Crippen LogP contribution in [0.5, 0.6) is 0 Å². The number of hydrogen-bond donors (Lipinski definition) is 2. The fraction of sp³-hybridized carbons (Fsp3) is 0.368. The zero-order valence-corrected chi connectivity index (χ0v) is 13.7. The van der Waals surface area contributed by atoms with Crippen molar-refractivity contribution in [3.05, 3.63) is 48.0 Å². The highest BCUT2D eigenvalue weighted by atomic mass is 16.3. The third-order valence-electron chi connectivity index (χ3n) is 4.59. The van der Waals surface area contributed by atoms with E-state index in [4.69, 9.17) is 0 Å². The van der Waals surface area contributed by atoms with Crippen LogP contribution in [0.4, 0.5) is 0 Å². The molecule has 1 heterocycles. The summed E-state index contributed by atoms with van der Waals surface area (Å²) in [6.07, 6.45) is 0.744. The van der Waals surface area contributed by atoms with Crippen molar-refractivity contribution < 1.29 is 14.7 Å². The molecule has 2 amide bonds. The largest absolute Gasteiger partial charge is 0.387 e. The maximum absolute atomic E-state index is 12.3. The highest BCUT2D eigenvalue weighted by Gasteiger charge is 2.32. The number of nitrogens with zero attached hydrogens (tertiary/aromatic N) is 1. The molecule has 0 spiro atoms. The molecular weight excluding hydrogens is 304 g/mol. The van der Waals surface area contributed by atoms with Gasteiger partial charge in [-0.2, -0.15) is 0 Å². The van der Waals surface area contributed by atoms with Gasteiger partial charge in [-0.15, -0.1) is 0 Å². The van der Waals surface area contributed by atoms with Crippen LogP contribution >= 0.6 is 0 Å². The number of carbonyl (C=O) groups is 2. The number of fused-ring (bicyclic) bond motifs is 1. The number of aliphatic hydroxyl groups excluding tert-OH is 1. The molecule has 2 aromatic carbocycles. The van der Waals surface area contributed by atoms with Crippen LogP contribution in [0.15, 0.2) is 42.5 Å². The average molecular weight is 326 g/mol. The Kier molecular flexibility index (Phi) is 4.81. The van der Waals surface area contributed by atoms with Gasteiger partial charge in [0.05, 0.1) is 6.10 Å². The van der Waals surface area contributed by atoms with E-state index in [9.17, 15) is 14.7 Å². The molecule has 0 bridgehead atoms. The van der Waals surface area contributed by atoms with Gasteiger partial charge in [-0.25, -0.2) is 0 Å². The van der Waals surface area contributed by atoms with Crippen molar-refractivity contribution >= 4 is 22.6 Å². The van der Waals surface area contributed by atoms with Gasteiger partial charge in [-0.1, -0.05) is 36.4 Å². The van der Waals surface area contributed by atoms with Crippen LogP contribution in [-0.4, -0.2) is 41.0 Å². The molecule has 2 N–H and O–H groups in total. The van der Waals surface area contributed by atoms with Crippen molar-refractivity contribution in [2.75, 3.05) is 13.1 Å². The fourth-order valence-electron chi connectivity index (χ4n) is 3.26. The van der Waals surface area contributed by atoms with Gasteiger partial charge in [-0.05, 0) is 35.2 Å². The number of hydrogen-bond acceptors (Lipinski definition) is 3. The SMILES string of the molecule is CC(=O)N1CCC[C@H]1C(=O)NC[C@H](O)c1ccc2ccccc2c1. The number of nitrogens with one attached hydrogen (secondary N) is 1. The highest BCUT2D eigenvalue weighted by molar-refractivity contribution is 5.87. The highest BCUT2D eigenvalue weighted by Crippen LogP contribution is 2.21. The van der Waals surface area contributed by atoms with Gasteiger partial charge in [-0.3, -0.25) is 9.59 Å². The summed E-state index contributed by atoms with van der Waals surface area (Å²) >= 11 is 0. The number of amides is 2. The van der Waals surface area contributed by atoms with Crippen LogP contribution in [0.25, 0.3) is 10.8 Å². The molecule has 5 nitrogen and oxygen atoms in total. The predicted molar refractivity (Wildman–Crippen MR) is 92.3 cm³/mol. The third kappa shape index (κ3) is 3.41. The predicted octanol–water partition coefficient (Wildman–Crippen LogP) is 2.00. The lowest BCUT2D eigenvalue weighted by Crippen LogP contribution is -2.46. The first kappa shape index (κ1) is 16.5. The normalized spacial score (nSPS) is 18.6. The minimum absolute atomic E-state index is 0.0808. The molecule has 2 aromatic rings. The van der Waals surface area contributed by atoms with Crippen LogP contribution in [0, 0.1) is 0 Å². The Labute approximate surface area is 141 Å². The lowest BCUT2D eigenvalue weighted by atomic mass is 10.0. The number of likely N-dealkylation sites (tertiary alicyclic amines) is 1. The standard InChI is InChI=1S/C19H22N2O3/c1-13(22)21-10-4-7-17(21)19(24)20-12-18(23)16-9-8-14-5-2-3-6-15(14)11-16/h2-3,5-6,8-9,11,17-18,23H,4,7,10,12H2,1H3,(H,20,24)/t17-,18-/m0/s1. The Balaban J connectivity index is 1.62. The molecule has 0 aliphatic carbocycles. The molecule has 5 heteroatoms. The molecule has 2 atom stereocenters. The second-order valence-corrected chi connectivity index (χ2v) is 6.24. The summed E-state index contributed by atoms with van der Waals surface area (Å²) in [6, 6.07) is 13.3. The molecule has 0 aromatic heterocycles. The molecule has 1 saturated heterocycles. The van der Waals surface area contributed by atoms with E-state index >= 15 is 0 Å². The summed E-state index contributed by atoms with van der Waals surface area (Å²) in [5.74, 6) is -0.273. The van der Waals surface area contributed by atoms with E-state index in [0.717, 1.165) is 22.8 Å². The molecule has 0 unspecified atom stereocenters. The van der Waals surface area contributed by atoms with Crippen LogP contribution in [0.3, 0.4) is 0 Å². The summed E-state index contributed by atoms with van der Waals surface area (Å²) < 4.78 is 0. The van der Waals surface area contributed by atoms with E-state index in [0.29, 0.717) is 13.0 Å². The summed E-state index contributed by atoms with van der Waals surface area (Å²) in [7, 11) is 0. The van der Waals surface area contributed by atoms with Crippen LogP contribution in [0.2, 0.25) is 0 Å². The first-order valence-corrected chi connectivity index (χ1v) is 8.28. The number of rotatable bonds is 4. The molecule has 3 rings (SSSR count). The van der Waals surface area contributed by atoms with E-state index in [2.05, 4.69) is 5.32 Å². The summed E-state index contributed by atoms with van der Waals surface area (Å²) in [5.41, 5.74) is 0.767. The van der Waals surface area contributed by atoms with Crippen LogP contribution in [-0.2, 0) is 9.59 Å². The minimum atomic E-state index is -0.772. The second-order valence-electron chi connectivity index (χ2n) is 6.24. The molecular formula is C19H22N2O3. The monoisotopic (exact) mass is 326 g/mol. The Morgan fingerprint density at radius 1 is 1.25 bits per heavy atom. The number of benzene rings is 2. The molecule has 0 radical (unpaired) electrons. The van der Waals surface area contributed by atoms with Crippen molar-refractivity contribution in [2.24, 2.45) is 0 Å². The fourth-order valence-corrected chi connectivity index (χ4v) is 3.26. The topological polar surface area (TPSA) is 69.6 Å². The van der Waals surface area contributed by atoms with Gasteiger partial charge < -0.3 is 15.3 Å². The van der Waals surface area contributed by atoms with E-state index in [-0.39, 0.29) is 18.4 Å². The van der Waals surface area contributed by atoms with Gasteiger partial charge in [0.2, 0.25) is 11.8 Å². The zero-order chi connectivity index (χ0) is 17.1. The lowest BCUT2D eigenvalue weighted by Gasteiger charge is -2.23. The third-order valence-corrected chi connectivity index (χ3v) is 4.59. The summed E-state index contributed by atoms with van der Waals surface area (Å²) in [4.78, 5) is 25.4. The Hall–Kier alpha value is -2.40. The van der Waals surface area contributed by atoms with Crippen molar-refractivity contribution in [1.82, 2.24) is 10.2 Å². The quantitative estimate of drug-likeness (QED) is 0.903. The van der Waals surface area contributed by atoms with E-state index in [1.165, 1.54) is 6.92 Å². The number of aliphatic hydroxyl groups is 1.